The third kappa shape index (κ3) is 3.16. The molecule has 0 radical (unpaired) electrons. The average Bonchev–Trinajstić information content (AvgIpc) is 3.30. The summed E-state index contributed by atoms with van der Waals surface area (Å²) in [7, 11) is 1.73. The van der Waals surface area contributed by atoms with E-state index in [4.69, 9.17) is 11.6 Å². The van der Waals surface area contributed by atoms with Gasteiger partial charge in [0, 0.05) is 12.1 Å². The predicted octanol–water partition coefficient (Wildman–Crippen LogP) is 3.20. The van der Waals surface area contributed by atoms with Crippen LogP contribution in [-0.4, -0.2) is 43.0 Å². The number of fused-ring (bicyclic) bond motifs is 1. The normalized spacial score (nSPS) is 11.0. The van der Waals surface area contributed by atoms with Crippen molar-refractivity contribution in [2.75, 3.05) is 7.05 Å². The van der Waals surface area contributed by atoms with Crippen LogP contribution in [0.5, 0.6) is 0 Å². The second kappa shape index (κ2) is 6.81. The zero-order chi connectivity index (χ0) is 18.1. The number of hydrogen-bond acceptors (Lipinski definition) is 6. The van der Waals surface area contributed by atoms with E-state index in [9.17, 15) is 4.79 Å². The van der Waals surface area contributed by atoms with Crippen LogP contribution in [0, 0.1) is 0 Å². The SMILES string of the molecule is CN(Cc1nc2ccccc2s1)C(=O)c1cc(Cl)ccc1-n1cnnn1. The first-order valence-corrected chi connectivity index (χ1v) is 8.94. The molecule has 0 aliphatic heterocycles. The van der Waals surface area contributed by atoms with Gasteiger partial charge in [-0.25, -0.2) is 4.98 Å². The molecule has 7 nitrogen and oxygen atoms in total. The molecule has 1 amide bonds. The number of hydrogen-bond donors (Lipinski definition) is 0. The van der Waals surface area contributed by atoms with E-state index in [1.54, 1.807) is 41.5 Å². The summed E-state index contributed by atoms with van der Waals surface area (Å²) >= 11 is 7.67. The standard InChI is InChI=1S/C17H13ClN6OS/c1-23(9-16-20-13-4-2-3-5-15(13)26-16)17(25)12-8-11(18)6-7-14(12)24-10-19-21-22-24/h2-8,10H,9H2,1H3. The summed E-state index contributed by atoms with van der Waals surface area (Å²) in [5.41, 5.74) is 1.93. The smallest absolute Gasteiger partial charge is 0.256 e. The van der Waals surface area contributed by atoms with Crippen LogP contribution < -0.4 is 0 Å². The second-order valence-electron chi connectivity index (χ2n) is 5.65. The van der Waals surface area contributed by atoms with Gasteiger partial charge in [-0.2, -0.15) is 4.68 Å². The topological polar surface area (TPSA) is 76.8 Å². The van der Waals surface area contributed by atoms with Gasteiger partial charge >= 0.3 is 0 Å². The lowest BCUT2D eigenvalue weighted by molar-refractivity contribution is 0.0785. The molecule has 0 saturated heterocycles. The number of tetrazole rings is 1. The Morgan fingerprint density at radius 2 is 2.12 bits per heavy atom. The first-order valence-electron chi connectivity index (χ1n) is 7.74. The van der Waals surface area contributed by atoms with Gasteiger partial charge in [-0.1, -0.05) is 23.7 Å². The molecule has 0 N–H and O–H groups in total. The predicted molar refractivity (Wildman–Crippen MR) is 99.6 cm³/mol. The van der Waals surface area contributed by atoms with Crippen LogP contribution in [0.3, 0.4) is 0 Å². The minimum Gasteiger partial charge on any atom is -0.335 e. The van der Waals surface area contributed by atoms with Crippen LogP contribution >= 0.6 is 22.9 Å². The monoisotopic (exact) mass is 384 g/mol. The molecule has 4 rings (SSSR count). The van der Waals surface area contributed by atoms with Crippen LogP contribution in [0.25, 0.3) is 15.9 Å². The number of halogens is 1. The van der Waals surface area contributed by atoms with Gasteiger partial charge in [0.15, 0.2) is 0 Å². The maximum Gasteiger partial charge on any atom is 0.256 e. The van der Waals surface area contributed by atoms with Crippen molar-refractivity contribution in [1.82, 2.24) is 30.1 Å². The summed E-state index contributed by atoms with van der Waals surface area (Å²) in [6.07, 6.45) is 1.44. The highest BCUT2D eigenvalue weighted by atomic mass is 35.5. The van der Waals surface area contributed by atoms with Gasteiger partial charge in [0.05, 0.1) is 28.0 Å². The van der Waals surface area contributed by atoms with Crippen molar-refractivity contribution < 1.29 is 4.79 Å². The molecule has 0 fully saturated rings. The summed E-state index contributed by atoms with van der Waals surface area (Å²) in [5, 5.41) is 12.5. The Labute approximate surface area is 157 Å². The number of thiazole rings is 1. The highest BCUT2D eigenvalue weighted by molar-refractivity contribution is 7.18. The zero-order valence-corrected chi connectivity index (χ0v) is 15.3. The van der Waals surface area contributed by atoms with Gasteiger partial charge in [0.1, 0.15) is 11.3 Å². The van der Waals surface area contributed by atoms with Crippen LogP contribution in [0.4, 0.5) is 0 Å². The lowest BCUT2D eigenvalue weighted by Gasteiger charge is -2.17. The van der Waals surface area contributed by atoms with Crippen molar-refractivity contribution in [3.8, 4) is 5.69 Å². The number of rotatable bonds is 4. The number of nitrogens with zero attached hydrogens (tertiary/aromatic N) is 6. The molecule has 0 bridgehead atoms. The molecular weight excluding hydrogens is 372 g/mol. The Kier molecular flexibility index (Phi) is 4.36. The first-order chi connectivity index (χ1) is 12.6. The number of amides is 1. The molecular formula is C17H13ClN6OS. The van der Waals surface area contributed by atoms with Crippen molar-refractivity contribution in [3.63, 3.8) is 0 Å². The molecule has 0 atom stereocenters. The van der Waals surface area contributed by atoms with Gasteiger partial charge in [0.2, 0.25) is 0 Å². The van der Waals surface area contributed by atoms with E-state index in [1.165, 1.54) is 11.0 Å². The van der Waals surface area contributed by atoms with Crippen molar-refractivity contribution in [1.29, 1.82) is 0 Å². The Morgan fingerprint density at radius 1 is 1.27 bits per heavy atom. The molecule has 4 aromatic rings. The molecule has 0 spiro atoms. The van der Waals surface area contributed by atoms with E-state index in [2.05, 4.69) is 20.5 Å². The van der Waals surface area contributed by atoms with Gasteiger partial charge in [-0.05, 0) is 40.8 Å². The van der Waals surface area contributed by atoms with E-state index < -0.39 is 0 Å². The Morgan fingerprint density at radius 3 is 2.88 bits per heavy atom. The lowest BCUT2D eigenvalue weighted by Crippen LogP contribution is -2.27. The second-order valence-corrected chi connectivity index (χ2v) is 7.20. The highest BCUT2D eigenvalue weighted by Gasteiger charge is 2.19. The Balaban J connectivity index is 1.63. The first kappa shape index (κ1) is 16.6. The van der Waals surface area contributed by atoms with Crippen LogP contribution in [0.2, 0.25) is 5.02 Å². The van der Waals surface area contributed by atoms with Gasteiger partial charge < -0.3 is 4.90 Å². The summed E-state index contributed by atoms with van der Waals surface area (Å²) in [6, 6.07) is 12.9. The van der Waals surface area contributed by atoms with Crippen LogP contribution in [0.15, 0.2) is 48.8 Å². The Hall–Kier alpha value is -2.84. The number of para-hydroxylation sites is 1. The number of aromatic nitrogens is 5. The lowest BCUT2D eigenvalue weighted by atomic mass is 10.1. The fourth-order valence-electron chi connectivity index (χ4n) is 2.62. The quantitative estimate of drug-likeness (QED) is 0.540. The van der Waals surface area contributed by atoms with Gasteiger partial charge in [-0.3, -0.25) is 4.79 Å². The maximum atomic E-state index is 13.0. The van der Waals surface area contributed by atoms with Crippen LogP contribution in [0.1, 0.15) is 15.4 Å². The molecule has 0 saturated carbocycles. The molecule has 2 heterocycles. The van der Waals surface area contributed by atoms with E-state index in [0.717, 1.165) is 15.2 Å². The summed E-state index contributed by atoms with van der Waals surface area (Å²) in [6.45, 7) is 0.403. The molecule has 0 unspecified atom stereocenters. The van der Waals surface area contributed by atoms with Crippen molar-refractivity contribution in [3.05, 3.63) is 64.4 Å². The number of carbonyl (C=O) groups is 1. The van der Waals surface area contributed by atoms with Crippen LogP contribution in [-0.2, 0) is 6.54 Å². The fraction of sp³-hybridized carbons (Fsp3) is 0.118. The summed E-state index contributed by atoms with van der Waals surface area (Å²) in [5.74, 6) is -0.183. The van der Waals surface area contributed by atoms with Gasteiger partial charge in [-0.15, -0.1) is 16.4 Å². The molecule has 9 heteroatoms. The number of carbonyl (C=O) groups excluding carboxylic acids is 1. The summed E-state index contributed by atoms with van der Waals surface area (Å²) in [4.78, 5) is 19.2. The van der Waals surface area contributed by atoms with Crippen molar-refractivity contribution in [2.24, 2.45) is 0 Å². The molecule has 0 aliphatic rings. The molecule has 130 valence electrons. The largest absolute Gasteiger partial charge is 0.335 e. The zero-order valence-electron chi connectivity index (χ0n) is 13.7. The van der Waals surface area contributed by atoms with Crippen molar-refractivity contribution in [2.45, 2.75) is 6.54 Å². The third-order valence-electron chi connectivity index (χ3n) is 3.84. The maximum absolute atomic E-state index is 13.0. The van der Waals surface area contributed by atoms with E-state index >= 15 is 0 Å². The number of benzene rings is 2. The average molecular weight is 385 g/mol. The minimum absolute atomic E-state index is 0.183. The molecule has 2 aromatic heterocycles. The minimum atomic E-state index is -0.183. The fourth-order valence-corrected chi connectivity index (χ4v) is 3.81. The van der Waals surface area contributed by atoms with E-state index in [-0.39, 0.29) is 5.91 Å². The van der Waals surface area contributed by atoms with Crippen molar-refractivity contribution >= 4 is 39.1 Å². The van der Waals surface area contributed by atoms with E-state index in [0.29, 0.717) is 22.8 Å². The highest BCUT2D eigenvalue weighted by Crippen LogP contribution is 2.24. The molecule has 2 aromatic carbocycles. The third-order valence-corrected chi connectivity index (χ3v) is 5.10. The van der Waals surface area contributed by atoms with E-state index in [1.807, 2.05) is 24.3 Å². The summed E-state index contributed by atoms with van der Waals surface area (Å²) < 4.78 is 2.54. The Bertz CT molecular complexity index is 1050. The molecule has 26 heavy (non-hydrogen) atoms. The van der Waals surface area contributed by atoms with Gasteiger partial charge in [0.25, 0.3) is 5.91 Å². The molecule has 0 aliphatic carbocycles.